The molecule has 5 nitrogen and oxygen atoms in total. The predicted molar refractivity (Wildman–Crippen MR) is 104 cm³/mol. The van der Waals surface area contributed by atoms with Crippen LogP contribution in [0.25, 0.3) is 0 Å². The van der Waals surface area contributed by atoms with E-state index in [-0.39, 0.29) is 11.8 Å². The van der Waals surface area contributed by atoms with Crippen LogP contribution in [0.1, 0.15) is 0 Å². The number of urea groups is 1. The van der Waals surface area contributed by atoms with Gasteiger partial charge >= 0.3 is 6.03 Å². The van der Waals surface area contributed by atoms with Crippen LogP contribution < -0.4 is 15.5 Å². The van der Waals surface area contributed by atoms with Crippen molar-refractivity contribution in [1.82, 2.24) is 10.2 Å². The molecule has 0 bridgehead atoms. The first-order valence-electron chi connectivity index (χ1n) is 8.63. The third kappa shape index (κ3) is 5.34. The predicted octanol–water partition coefficient (Wildman–Crippen LogP) is 3.42. The van der Waals surface area contributed by atoms with Crippen LogP contribution in [0.2, 0.25) is 5.02 Å². The van der Waals surface area contributed by atoms with E-state index in [4.69, 9.17) is 11.6 Å². The molecule has 0 unspecified atom stereocenters. The van der Waals surface area contributed by atoms with Crippen LogP contribution in [-0.2, 0) is 0 Å². The summed E-state index contributed by atoms with van der Waals surface area (Å²) < 4.78 is 13.0. The van der Waals surface area contributed by atoms with Gasteiger partial charge in [-0.1, -0.05) is 11.6 Å². The summed E-state index contributed by atoms with van der Waals surface area (Å²) in [4.78, 5) is 16.4. The summed E-state index contributed by atoms with van der Waals surface area (Å²) in [5.41, 5.74) is 1.76. The number of benzene rings is 2. The molecule has 7 heteroatoms. The molecule has 2 aromatic carbocycles. The molecule has 26 heavy (non-hydrogen) atoms. The SMILES string of the molecule is O=C(NCCN1CCN(c2ccc(F)cc2)CC1)Nc1ccc(Cl)cc1. The van der Waals surface area contributed by atoms with Gasteiger partial charge in [-0.05, 0) is 48.5 Å². The van der Waals surface area contributed by atoms with E-state index in [1.54, 1.807) is 24.3 Å². The van der Waals surface area contributed by atoms with Crippen LogP contribution in [0.4, 0.5) is 20.6 Å². The molecule has 0 aromatic heterocycles. The zero-order valence-electron chi connectivity index (χ0n) is 14.4. The molecule has 1 saturated heterocycles. The minimum absolute atomic E-state index is 0.213. The summed E-state index contributed by atoms with van der Waals surface area (Å²) in [5, 5.41) is 6.27. The zero-order valence-corrected chi connectivity index (χ0v) is 15.2. The fourth-order valence-corrected chi connectivity index (χ4v) is 3.04. The second-order valence-electron chi connectivity index (χ2n) is 6.19. The van der Waals surface area contributed by atoms with Crippen molar-refractivity contribution in [2.75, 3.05) is 49.5 Å². The van der Waals surface area contributed by atoms with E-state index in [0.717, 1.165) is 38.4 Å². The molecule has 2 amide bonds. The Morgan fingerprint density at radius 2 is 1.65 bits per heavy atom. The molecule has 138 valence electrons. The summed E-state index contributed by atoms with van der Waals surface area (Å²) in [7, 11) is 0. The van der Waals surface area contributed by atoms with Crippen molar-refractivity contribution < 1.29 is 9.18 Å². The van der Waals surface area contributed by atoms with Crippen molar-refractivity contribution in [3.8, 4) is 0 Å². The van der Waals surface area contributed by atoms with Crippen molar-refractivity contribution in [2.24, 2.45) is 0 Å². The van der Waals surface area contributed by atoms with Gasteiger partial charge in [-0.3, -0.25) is 4.90 Å². The number of halogens is 2. The largest absolute Gasteiger partial charge is 0.369 e. The van der Waals surface area contributed by atoms with Gasteiger partial charge in [-0.2, -0.15) is 0 Å². The van der Waals surface area contributed by atoms with Gasteiger partial charge in [0.05, 0.1) is 0 Å². The quantitative estimate of drug-likeness (QED) is 0.840. The topological polar surface area (TPSA) is 47.6 Å². The number of piperazine rings is 1. The first kappa shape index (κ1) is 18.5. The van der Waals surface area contributed by atoms with E-state index in [1.165, 1.54) is 12.1 Å². The zero-order chi connectivity index (χ0) is 18.4. The summed E-state index contributed by atoms with van der Waals surface area (Å²) in [5.74, 6) is -0.213. The molecule has 3 rings (SSSR count). The maximum absolute atomic E-state index is 13.0. The molecule has 0 saturated carbocycles. The third-order valence-electron chi connectivity index (χ3n) is 4.38. The van der Waals surface area contributed by atoms with Gasteiger partial charge in [-0.25, -0.2) is 9.18 Å². The minimum Gasteiger partial charge on any atom is -0.369 e. The first-order chi connectivity index (χ1) is 12.6. The molecular weight excluding hydrogens is 355 g/mol. The summed E-state index contributed by atoms with van der Waals surface area (Å²) >= 11 is 5.82. The number of hydrogen-bond donors (Lipinski definition) is 2. The molecule has 2 aromatic rings. The number of nitrogens with zero attached hydrogens (tertiary/aromatic N) is 2. The van der Waals surface area contributed by atoms with Crippen LogP contribution in [0.5, 0.6) is 0 Å². The lowest BCUT2D eigenvalue weighted by Crippen LogP contribution is -2.48. The highest BCUT2D eigenvalue weighted by Crippen LogP contribution is 2.16. The van der Waals surface area contributed by atoms with E-state index in [9.17, 15) is 9.18 Å². The highest BCUT2D eigenvalue weighted by atomic mass is 35.5. The standard InChI is InChI=1S/C19H22ClFN4O/c20-15-1-5-17(6-2-15)23-19(26)22-9-10-24-11-13-25(14-12-24)18-7-3-16(21)4-8-18/h1-8H,9-14H2,(H2,22,23,26). The second-order valence-corrected chi connectivity index (χ2v) is 6.63. The van der Waals surface area contributed by atoms with E-state index in [2.05, 4.69) is 20.4 Å². The Bertz CT molecular complexity index is 715. The minimum atomic E-state index is -0.225. The molecule has 0 atom stereocenters. The summed E-state index contributed by atoms with van der Waals surface area (Å²) in [6.07, 6.45) is 0. The van der Waals surface area contributed by atoms with E-state index in [0.29, 0.717) is 17.3 Å². The average molecular weight is 377 g/mol. The Hall–Kier alpha value is -2.31. The Kier molecular flexibility index (Phi) is 6.30. The molecule has 0 radical (unpaired) electrons. The van der Waals surface area contributed by atoms with Crippen molar-refractivity contribution in [3.05, 3.63) is 59.4 Å². The Morgan fingerprint density at radius 1 is 1.00 bits per heavy atom. The lowest BCUT2D eigenvalue weighted by molar-refractivity contribution is 0.240. The van der Waals surface area contributed by atoms with Crippen molar-refractivity contribution in [1.29, 1.82) is 0 Å². The van der Waals surface area contributed by atoms with Gasteiger partial charge < -0.3 is 15.5 Å². The van der Waals surface area contributed by atoms with Gasteiger partial charge in [0.1, 0.15) is 5.82 Å². The highest BCUT2D eigenvalue weighted by Gasteiger charge is 2.17. The fourth-order valence-electron chi connectivity index (χ4n) is 2.92. The number of anilines is 2. The van der Waals surface area contributed by atoms with Crippen LogP contribution >= 0.6 is 11.6 Å². The molecule has 0 aliphatic carbocycles. The maximum Gasteiger partial charge on any atom is 0.319 e. The highest BCUT2D eigenvalue weighted by molar-refractivity contribution is 6.30. The lowest BCUT2D eigenvalue weighted by Gasteiger charge is -2.36. The van der Waals surface area contributed by atoms with Crippen molar-refractivity contribution in [3.63, 3.8) is 0 Å². The smallest absolute Gasteiger partial charge is 0.319 e. The van der Waals surface area contributed by atoms with E-state index < -0.39 is 0 Å². The molecule has 1 aliphatic heterocycles. The van der Waals surface area contributed by atoms with Gasteiger partial charge in [0, 0.05) is 55.7 Å². The van der Waals surface area contributed by atoms with Crippen LogP contribution in [0.3, 0.4) is 0 Å². The fraction of sp³-hybridized carbons (Fsp3) is 0.316. The Morgan fingerprint density at radius 3 is 2.31 bits per heavy atom. The molecule has 1 heterocycles. The van der Waals surface area contributed by atoms with Crippen LogP contribution in [-0.4, -0.2) is 50.2 Å². The van der Waals surface area contributed by atoms with Crippen molar-refractivity contribution >= 4 is 29.0 Å². The number of carbonyl (C=O) groups is 1. The molecule has 0 spiro atoms. The number of rotatable bonds is 5. The first-order valence-corrected chi connectivity index (χ1v) is 9.01. The number of amides is 2. The number of hydrogen-bond acceptors (Lipinski definition) is 3. The van der Waals surface area contributed by atoms with Crippen molar-refractivity contribution in [2.45, 2.75) is 0 Å². The van der Waals surface area contributed by atoms with Gasteiger partial charge in [0.2, 0.25) is 0 Å². The monoisotopic (exact) mass is 376 g/mol. The normalized spacial score (nSPS) is 14.9. The molecule has 1 fully saturated rings. The van der Waals surface area contributed by atoms with Gasteiger partial charge in [0.15, 0.2) is 0 Å². The lowest BCUT2D eigenvalue weighted by atomic mass is 10.2. The summed E-state index contributed by atoms with van der Waals surface area (Å²) in [6.45, 7) is 4.99. The number of carbonyl (C=O) groups excluding carboxylic acids is 1. The van der Waals surface area contributed by atoms with E-state index >= 15 is 0 Å². The Labute approximate surface area is 157 Å². The number of nitrogens with one attached hydrogen (secondary N) is 2. The van der Waals surface area contributed by atoms with Gasteiger partial charge in [-0.15, -0.1) is 0 Å². The Balaban J connectivity index is 1.35. The van der Waals surface area contributed by atoms with Crippen LogP contribution in [0, 0.1) is 5.82 Å². The second kappa shape index (κ2) is 8.87. The molecular formula is C19H22ClFN4O. The van der Waals surface area contributed by atoms with E-state index in [1.807, 2.05) is 12.1 Å². The summed E-state index contributed by atoms with van der Waals surface area (Å²) in [6, 6.07) is 13.4. The third-order valence-corrected chi connectivity index (χ3v) is 4.63. The van der Waals surface area contributed by atoms with Gasteiger partial charge in [0.25, 0.3) is 0 Å². The average Bonchev–Trinajstić information content (AvgIpc) is 2.65. The maximum atomic E-state index is 13.0. The molecule has 2 N–H and O–H groups in total. The van der Waals surface area contributed by atoms with Crippen LogP contribution in [0.15, 0.2) is 48.5 Å². The molecule has 1 aliphatic rings.